The van der Waals surface area contributed by atoms with Crippen LogP contribution in [-0.4, -0.2) is 24.2 Å². The van der Waals surface area contributed by atoms with E-state index in [-0.39, 0.29) is 11.5 Å². The Morgan fingerprint density at radius 1 is 0.976 bits per heavy atom. The molecule has 0 spiro atoms. The number of amides is 1. The Hall–Kier alpha value is -4.95. The number of ether oxygens (including phenoxy) is 2. The molecule has 1 aliphatic heterocycles. The van der Waals surface area contributed by atoms with Crippen molar-refractivity contribution in [2.24, 2.45) is 4.99 Å². The predicted octanol–water partition coefficient (Wildman–Crippen LogP) is 5.43. The molecule has 5 aromatic rings. The first-order valence-corrected chi connectivity index (χ1v) is 14.5. The third-order valence-corrected chi connectivity index (χ3v) is 8.22. The highest BCUT2D eigenvalue weighted by Crippen LogP contribution is 2.32. The van der Waals surface area contributed by atoms with Crippen LogP contribution in [0.25, 0.3) is 16.8 Å². The fourth-order valence-electron chi connectivity index (χ4n) is 5.28. The summed E-state index contributed by atoms with van der Waals surface area (Å²) in [6.07, 6.45) is 1.90. The fourth-order valence-corrected chi connectivity index (χ4v) is 6.31. The summed E-state index contributed by atoms with van der Waals surface area (Å²) in [6, 6.07) is 27.9. The van der Waals surface area contributed by atoms with Gasteiger partial charge in [-0.25, -0.2) is 4.99 Å². The van der Waals surface area contributed by atoms with Crippen LogP contribution in [0.1, 0.15) is 31.0 Å². The maximum absolute atomic E-state index is 14.1. The van der Waals surface area contributed by atoms with E-state index >= 15 is 0 Å². The van der Waals surface area contributed by atoms with E-state index < -0.39 is 6.04 Å². The number of benzene rings is 4. The van der Waals surface area contributed by atoms with Crippen molar-refractivity contribution < 1.29 is 14.3 Å². The van der Waals surface area contributed by atoms with Crippen LogP contribution in [0.4, 0.5) is 5.69 Å². The third kappa shape index (κ3) is 5.01. The van der Waals surface area contributed by atoms with Gasteiger partial charge in [0.2, 0.25) is 0 Å². The van der Waals surface area contributed by atoms with Gasteiger partial charge in [-0.15, -0.1) is 0 Å². The lowest BCUT2D eigenvalue weighted by Gasteiger charge is -2.25. The number of thiazole rings is 1. The van der Waals surface area contributed by atoms with Gasteiger partial charge in [0.25, 0.3) is 11.5 Å². The lowest BCUT2D eigenvalue weighted by atomic mass is 9.95. The SMILES string of the molecule is CCOc1ccc(/C=c2/sc3n(c2=O)[C@@H](c2ccc(OC)cc2)C(C(=O)Nc2ccccc2)=C(C)N=3)c2ccccc12. The van der Waals surface area contributed by atoms with E-state index in [1.54, 1.807) is 11.7 Å². The van der Waals surface area contributed by atoms with Crippen molar-refractivity contribution >= 4 is 39.8 Å². The number of allylic oxidation sites excluding steroid dienone is 1. The molecule has 2 heterocycles. The Morgan fingerprint density at radius 3 is 2.40 bits per heavy atom. The number of rotatable bonds is 7. The van der Waals surface area contributed by atoms with E-state index in [9.17, 15) is 9.59 Å². The largest absolute Gasteiger partial charge is 0.497 e. The maximum Gasteiger partial charge on any atom is 0.271 e. The van der Waals surface area contributed by atoms with Crippen molar-refractivity contribution in [1.29, 1.82) is 0 Å². The summed E-state index contributed by atoms with van der Waals surface area (Å²) in [5.74, 6) is 1.18. The van der Waals surface area contributed by atoms with Crippen LogP contribution in [0.2, 0.25) is 0 Å². The molecule has 0 aliphatic carbocycles. The molecule has 4 aromatic carbocycles. The van der Waals surface area contributed by atoms with Crippen molar-refractivity contribution in [1.82, 2.24) is 4.57 Å². The number of anilines is 1. The number of carbonyl (C=O) groups excluding carboxylic acids is 1. The zero-order valence-electron chi connectivity index (χ0n) is 23.5. The van der Waals surface area contributed by atoms with Gasteiger partial charge >= 0.3 is 0 Å². The van der Waals surface area contributed by atoms with E-state index in [1.807, 2.05) is 111 Å². The zero-order valence-corrected chi connectivity index (χ0v) is 24.3. The summed E-state index contributed by atoms with van der Waals surface area (Å²) < 4.78 is 13.4. The van der Waals surface area contributed by atoms with Crippen LogP contribution in [0, 0.1) is 0 Å². The molecule has 0 bridgehead atoms. The average Bonchev–Trinajstić information content (AvgIpc) is 3.32. The quantitative estimate of drug-likeness (QED) is 0.281. The van der Waals surface area contributed by atoms with E-state index in [2.05, 4.69) is 5.32 Å². The summed E-state index contributed by atoms with van der Waals surface area (Å²) in [5.41, 5.74) is 3.10. The second-order valence-corrected chi connectivity index (χ2v) is 10.8. The molecule has 1 aliphatic rings. The molecule has 1 atom stereocenters. The van der Waals surface area contributed by atoms with Gasteiger partial charge in [0, 0.05) is 11.1 Å². The molecular formula is C34H29N3O4S. The van der Waals surface area contributed by atoms with Gasteiger partial charge in [-0.3, -0.25) is 14.2 Å². The molecule has 8 heteroatoms. The summed E-state index contributed by atoms with van der Waals surface area (Å²) in [7, 11) is 1.60. The Bertz CT molecular complexity index is 2010. The normalized spacial score (nSPS) is 14.8. The molecule has 1 N–H and O–H groups in total. The van der Waals surface area contributed by atoms with Crippen LogP contribution in [-0.2, 0) is 4.79 Å². The number of fused-ring (bicyclic) bond motifs is 2. The predicted molar refractivity (Wildman–Crippen MR) is 167 cm³/mol. The van der Waals surface area contributed by atoms with Gasteiger partial charge in [0.05, 0.1) is 35.6 Å². The number of hydrogen-bond acceptors (Lipinski definition) is 6. The number of methoxy groups -OCH3 is 1. The summed E-state index contributed by atoms with van der Waals surface area (Å²) >= 11 is 1.31. The van der Waals surface area contributed by atoms with Crippen LogP contribution >= 0.6 is 11.3 Å². The molecule has 7 nitrogen and oxygen atoms in total. The number of para-hydroxylation sites is 1. The van der Waals surface area contributed by atoms with Crippen molar-refractivity contribution in [3.8, 4) is 11.5 Å². The Balaban J connectivity index is 1.52. The Labute approximate surface area is 246 Å². The first-order valence-electron chi connectivity index (χ1n) is 13.7. The molecule has 6 rings (SSSR count). The average molecular weight is 576 g/mol. The minimum Gasteiger partial charge on any atom is -0.497 e. The van der Waals surface area contributed by atoms with E-state index in [1.165, 1.54) is 11.3 Å². The van der Waals surface area contributed by atoms with Crippen LogP contribution in [0.3, 0.4) is 0 Å². The van der Waals surface area contributed by atoms with Gasteiger partial charge in [-0.1, -0.05) is 72.0 Å². The van der Waals surface area contributed by atoms with Crippen molar-refractivity contribution in [3.05, 3.63) is 133 Å². The molecule has 0 saturated carbocycles. The molecular weight excluding hydrogens is 546 g/mol. The van der Waals surface area contributed by atoms with Crippen LogP contribution < -0.4 is 29.7 Å². The highest BCUT2D eigenvalue weighted by molar-refractivity contribution is 7.07. The first-order chi connectivity index (χ1) is 20.5. The summed E-state index contributed by atoms with van der Waals surface area (Å²) in [6.45, 7) is 4.33. The topological polar surface area (TPSA) is 81.9 Å². The maximum atomic E-state index is 14.1. The minimum absolute atomic E-state index is 0.213. The summed E-state index contributed by atoms with van der Waals surface area (Å²) in [5, 5.41) is 4.95. The Kier molecular flexibility index (Phi) is 7.46. The van der Waals surface area contributed by atoms with Gasteiger partial charge in [0.15, 0.2) is 4.80 Å². The molecule has 1 aromatic heterocycles. The number of hydrogen-bond donors (Lipinski definition) is 1. The molecule has 1 amide bonds. The second-order valence-electron chi connectivity index (χ2n) is 9.81. The molecule has 0 fully saturated rings. The first kappa shape index (κ1) is 27.2. The van der Waals surface area contributed by atoms with E-state index in [0.717, 1.165) is 27.6 Å². The Morgan fingerprint density at radius 2 is 1.69 bits per heavy atom. The number of carbonyl (C=O) groups is 1. The minimum atomic E-state index is -0.671. The van der Waals surface area contributed by atoms with Gasteiger partial charge in [-0.05, 0) is 66.8 Å². The van der Waals surface area contributed by atoms with Gasteiger partial charge < -0.3 is 14.8 Å². The molecule has 0 unspecified atom stereocenters. The highest BCUT2D eigenvalue weighted by Gasteiger charge is 2.32. The van der Waals surface area contributed by atoms with Crippen LogP contribution in [0.15, 0.2) is 112 Å². The molecule has 0 radical (unpaired) electrons. The number of nitrogens with zero attached hydrogens (tertiary/aromatic N) is 2. The van der Waals surface area contributed by atoms with Crippen molar-refractivity contribution in [2.45, 2.75) is 19.9 Å². The van der Waals surface area contributed by atoms with Crippen molar-refractivity contribution in [3.63, 3.8) is 0 Å². The standard InChI is InChI=1S/C34H29N3O4S/c1-4-41-28-19-16-23(26-12-8-9-13-27(26)28)20-29-33(39)37-31(22-14-17-25(40-3)18-15-22)30(21(2)35-34(37)42-29)32(38)36-24-10-6-5-7-11-24/h5-20,31H,4H2,1-3H3,(H,36,38)/b29-20+/t31-/m0/s1. The van der Waals surface area contributed by atoms with E-state index in [4.69, 9.17) is 14.5 Å². The number of aromatic nitrogens is 1. The zero-order chi connectivity index (χ0) is 29.2. The fraction of sp³-hybridized carbons (Fsp3) is 0.147. The third-order valence-electron chi connectivity index (χ3n) is 7.23. The summed E-state index contributed by atoms with van der Waals surface area (Å²) in [4.78, 5) is 33.2. The van der Waals surface area contributed by atoms with Crippen LogP contribution in [0.5, 0.6) is 11.5 Å². The molecule has 210 valence electrons. The van der Waals surface area contributed by atoms with Crippen molar-refractivity contribution in [2.75, 3.05) is 19.0 Å². The second kappa shape index (κ2) is 11.5. The molecule has 0 saturated heterocycles. The van der Waals surface area contributed by atoms with E-state index in [0.29, 0.717) is 38.6 Å². The smallest absolute Gasteiger partial charge is 0.271 e. The highest BCUT2D eigenvalue weighted by atomic mass is 32.1. The lowest BCUT2D eigenvalue weighted by molar-refractivity contribution is -0.113. The molecule has 42 heavy (non-hydrogen) atoms. The monoisotopic (exact) mass is 575 g/mol. The van der Waals surface area contributed by atoms with Gasteiger partial charge in [-0.2, -0.15) is 0 Å². The van der Waals surface area contributed by atoms with Gasteiger partial charge in [0.1, 0.15) is 11.5 Å². The number of nitrogens with one attached hydrogen (secondary N) is 1. The lowest BCUT2D eigenvalue weighted by Crippen LogP contribution is -2.40.